The van der Waals surface area contributed by atoms with E-state index in [1.54, 1.807) is 0 Å². The average Bonchev–Trinajstić information content (AvgIpc) is 3.27. The van der Waals surface area contributed by atoms with Gasteiger partial charge in [-0.15, -0.1) is 0 Å². The number of H-pyrrole nitrogens is 1. The summed E-state index contributed by atoms with van der Waals surface area (Å²) in [5.74, 6) is -0.107. The minimum Gasteiger partial charge on any atom is -0.361 e. The Hall–Kier alpha value is -1.86. The van der Waals surface area contributed by atoms with Crippen molar-refractivity contribution in [3.63, 3.8) is 0 Å². The lowest BCUT2D eigenvalue weighted by Crippen LogP contribution is -2.36. The highest BCUT2D eigenvalue weighted by molar-refractivity contribution is 7.88. The van der Waals surface area contributed by atoms with E-state index in [-0.39, 0.29) is 24.9 Å². The highest BCUT2D eigenvalue weighted by atomic mass is 32.2. The van der Waals surface area contributed by atoms with Crippen molar-refractivity contribution in [2.45, 2.75) is 31.7 Å². The third kappa shape index (κ3) is 4.15. The van der Waals surface area contributed by atoms with Gasteiger partial charge >= 0.3 is 0 Å². The van der Waals surface area contributed by atoms with Gasteiger partial charge in [0.15, 0.2) is 0 Å². The van der Waals surface area contributed by atoms with Crippen LogP contribution in [0.5, 0.6) is 0 Å². The minimum absolute atomic E-state index is 0.0963. The molecule has 2 N–H and O–H groups in total. The molecule has 6 nitrogen and oxygen atoms in total. The molecule has 0 spiro atoms. The van der Waals surface area contributed by atoms with Gasteiger partial charge in [-0.1, -0.05) is 18.2 Å². The first kappa shape index (κ1) is 17.0. The van der Waals surface area contributed by atoms with Gasteiger partial charge in [0.2, 0.25) is 15.9 Å². The number of sulfonamides is 1. The number of aromatic nitrogens is 1. The Morgan fingerprint density at radius 2 is 2.08 bits per heavy atom. The average molecular weight is 349 g/mol. The van der Waals surface area contributed by atoms with Gasteiger partial charge in [-0.2, -0.15) is 4.31 Å². The van der Waals surface area contributed by atoms with Gasteiger partial charge in [0.05, 0.1) is 6.26 Å². The van der Waals surface area contributed by atoms with Crippen LogP contribution in [0.1, 0.15) is 24.8 Å². The van der Waals surface area contributed by atoms with Crippen LogP contribution in [0.3, 0.4) is 0 Å². The second kappa shape index (κ2) is 6.94. The van der Waals surface area contributed by atoms with Crippen LogP contribution >= 0.6 is 0 Å². The second-order valence-electron chi connectivity index (χ2n) is 6.31. The Labute approximate surface area is 142 Å². The molecule has 7 heteroatoms. The molecule has 1 heterocycles. The van der Waals surface area contributed by atoms with Crippen LogP contribution in [0.2, 0.25) is 0 Å². The van der Waals surface area contributed by atoms with Crippen molar-refractivity contribution in [2.24, 2.45) is 0 Å². The van der Waals surface area contributed by atoms with Crippen LogP contribution in [0.15, 0.2) is 30.5 Å². The van der Waals surface area contributed by atoms with E-state index >= 15 is 0 Å². The monoisotopic (exact) mass is 349 g/mol. The van der Waals surface area contributed by atoms with E-state index in [1.807, 2.05) is 24.4 Å². The van der Waals surface area contributed by atoms with Gasteiger partial charge in [-0.25, -0.2) is 8.42 Å². The van der Waals surface area contributed by atoms with Gasteiger partial charge in [0.1, 0.15) is 0 Å². The SMILES string of the molecule is CS(=O)(=O)N(CCC(=O)NCCc1c[nH]c2ccccc12)C1CC1. The lowest BCUT2D eigenvalue weighted by atomic mass is 10.1. The molecule has 130 valence electrons. The van der Waals surface area contributed by atoms with Crippen molar-refractivity contribution in [3.05, 3.63) is 36.0 Å². The Balaban J connectivity index is 1.46. The van der Waals surface area contributed by atoms with Crippen LogP contribution in [0, 0.1) is 0 Å². The van der Waals surface area contributed by atoms with Crippen molar-refractivity contribution in [1.82, 2.24) is 14.6 Å². The molecule has 0 bridgehead atoms. The maximum absolute atomic E-state index is 12.0. The number of para-hydroxylation sites is 1. The highest BCUT2D eigenvalue weighted by Crippen LogP contribution is 2.28. The van der Waals surface area contributed by atoms with Gasteiger partial charge < -0.3 is 10.3 Å². The molecule has 1 amide bonds. The molecule has 0 atom stereocenters. The summed E-state index contributed by atoms with van der Waals surface area (Å²) < 4.78 is 24.9. The van der Waals surface area contributed by atoms with Crippen LogP contribution in [0.25, 0.3) is 10.9 Å². The summed E-state index contributed by atoms with van der Waals surface area (Å²) >= 11 is 0. The van der Waals surface area contributed by atoms with E-state index < -0.39 is 10.0 Å². The van der Waals surface area contributed by atoms with Crippen molar-refractivity contribution in [1.29, 1.82) is 0 Å². The van der Waals surface area contributed by atoms with Crippen LogP contribution in [-0.4, -0.2) is 49.0 Å². The first-order chi connectivity index (χ1) is 11.4. The molecule has 0 radical (unpaired) electrons. The molecule has 3 rings (SSSR count). The molecule has 1 aliphatic rings. The number of carbonyl (C=O) groups excluding carboxylic acids is 1. The van der Waals surface area contributed by atoms with Crippen molar-refractivity contribution < 1.29 is 13.2 Å². The number of benzene rings is 1. The number of fused-ring (bicyclic) bond motifs is 1. The zero-order chi connectivity index (χ0) is 17.2. The lowest BCUT2D eigenvalue weighted by Gasteiger charge is -2.18. The first-order valence-electron chi connectivity index (χ1n) is 8.23. The summed E-state index contributed by atoms with van der Waals surface area (Å²) in [6.45, 7) is 0.811. The molecule has 24 heavy (non-hydrogen) atoms. The van der Waals surface area contributed by atoms with E-state index in [2.05, 4.69) is 16.4 Å². The molecule has 1 aliphatic carbocycles. The summed E-state index contributed by atoms with van der Waals surface area (Å²) in [6.07, 6.45) is 5.92. The standard InChI is InChI=1S/C17H23N3O3S/c1-24(22,23)20(14-6-7-14)11-9-17(21)18-10-8-13-12-19-16-5-3-2-4-15(13)16/h2-5,12,14,19H,6-11H2,1H3,(H,18,21). The Morgan fingerprint density at radius 3 is 2.79 bits per heavy atom. The second-order valence-corrected chi connectivity index (χ2v) is 8.25. The van der Waals surface area contributed by atoms with Gasteiger partial charge in [-0.05, 0) is 30.9 Å². The minimum atomic E-state index is -3.23. The van der Waals surface area contributed by atoms with Crippen molar-refractivity contribution in [3.8, 4) is 0 Å². The number of amides is 1. The summed E-state index contributed by atoms with van der Waals surface area (Å²) in [4.78, 5) is 15.2. The highest BCUT2D eigenvalue weighted by Gasteiger charge is 2.34. The topological polar surface area (TPSA) is 82.3 Å². The zero-order valence-electron chi connectivity index (χ0n) is 13.8. The molecule has 1 aromatic heterocycles. The molecule has 1 aromatic carbocycles. The molecule has 1 saturated carbocycles. The number of hydrogen-bond acceptors (Lipinski definition) is 3. The van der Waals surface area contributed by atoms with Crippen LogP contribution < -0.4 is 5.32 Å². The van der Waals surface area contributed by atoms with E-state index in [1.165, 1.54) is 21.5 Å². The lowest BCUT2D eigenvalue weighted by molar-refractivity contribution is -0.121. The van der Waals surface area contributed by atoms with Gasteiger partial charge in [0.25, 0.3) is 0 Å². The summed E-state index contributed by atoms with van der Waals surface area (Å²) in [7, 11) is -3.23. The van der Waals surface area contributed by atoms with Crippen LogP contribution in [0.4, 0.5) is 0 Å². The van der Waals surface area contributed by atoms with E-state index in [4.69, 9.17) is 0 Å². The molecule has 1 fully saturated rings. The summed E-state index contributed by atoms with van der Waals surface area (Å²) in [6, 6.07) is 8.16. The molecular weight excluding hydrogens is 326 g/mol. The third-order valence-electron chi connectivity index (χ3n) is 4.33. The van der Waals surface area contributed by atoms with Gasteiger partial charge in [0, 0.05) is 42.7 Å². The predicted molar refractivity (Wildman–Crippen MR) is 94.2 cm³/mol. The summed E-state index contributed by atoms with van der Waals surface area (Å²) in [5.41, 5.74) is 2.26. The van der Waals surface area contributed by atoms with E-state index in [0.717, 1.165) is 24.8 Å². The maximum atomic E-state index is 12.0. The fourth-order valence-corrected chi connectivity index (χ4v) is 4.13. The fourth-order valence-electron chi connectivity index (χ4n) is 2.96. The Bertz CT molecular complexity index is 824. The van der Waals surface area contributed by atoms with E-state index in [0.29, 0.717) is 6.54 Å². The maximum Gasteiger partial charge on any atom is 0.221 e. The van der Waals surface area contributed by atoms with E-state index in [9.17, 15) is 13.2 Å². The molecule has 0 unspecified atom stereocenters. The Kier molecular flexibility index (Phi) is 4.91. The number of carbonyl (C=O) groups is 1. The largest absolute Gasteiger partial charge is 0.361 e. The number of rotatable bonds is 8. The molecule has 0 saturated heterocycles. The quantitative estimate of drug-likeness (QED) is 0.760. The fraction of sp³-hybridized carbons (Fsp3) is 0.471. The van der Waals surface area contributed by atoms with Gasteiger partial charge in [-0.3, -0.25) is 4.79 Å². The number of nitrogens with zero attached hydrogens (tertiary/aromatic N) is 1. The molecule has 0 aliphatic heterocycles. The zero-order valence-corrected chi connectivity index (χ0v) is 14.6. The molecule has 2 aromatic rings. The number of hydrogen-bond donors (Lipinski definition) is 2. The molecular formula is C17H23N3O3S. The number of nitrogens with one attached hydrogen (secondary N) is 2. The number of aromatic amines is 1. The smallest absolute Gasteiger partial charge is 0.221 e. The normalized spacial score (nSPS) is 15.1. The van der Waals surface area contributed by atoms with Crippen LogP contribution in [-0.2, 0) is 21.2 Å². The summed E-state index contributed by atoms with van der Waals surface area (Å²) in [5, 5.41) is 4.05. The predicted octanol–water partition coefficient (Wildman–Crippen LogP) is 1.64. The van der Waals surface area contributed by atoms with Crippen molar-refractivity contribution in [2.75, 3.05) is 19.3 Å². The Morgan fingerprint density at radius 1 is 1.33 bits per heavy atom. The first-order valence-corrected chi connectivity index (χ1v) is 10.1. The van der Waals surface area contributed by atoms with Crippen molar-refractivity contribution >= 4 is 26.8 Å². The third-order valence-corrected chi connectivity index (χ3v) is 5.66.